The van der Waals surface area contributed by atoms with Gasteiger partial charge in [0, 0.05) is 11.1 Å². The number of ether oxygens (including phenoxy) is 2. The molecule has 0 bridgehead atoms. The number of fused-ring (bicyclic) bond motifs is 1. The van der Waals surface area contributed by atoms with Crippen LogP contribution in [-0.4, -0.2) is 24.6 Å². The number of rotatable bonds is 9. The zero-order valence-electron chi connectivity index (χ0n) is 17.4. The number of unbranched alkanes of at least 4 members (excludes halogenated alkanes) is 1. The molecule has 156 valence electrons. The van der Waals surface area contributed by atoms with E-state index in [1.807, 2.05) is 56.3 Å². The van der Waals surface area contributed by atoms with Crippen LogP contribution in [0.2, 0.25) is 0 Å². The Labute approximate surface area is 177 Å². The quantitative estimate of drug-likeness (QED) is 0.372. The molecule has 0 unspecified atom stereocenters. The summed E-state index contributed by atoms with van der Waals surface area (Å²) in [5, 5.41) is 4.89. The summed E-state index contributed by atoms with van der Waals surface area (Å²) in [5.41, 5.74) is 1.06. The van der Waals surface area contributed by atoms with Crippen LogP contribution in [0.4, 0.5) is 5.69 Å². The smallest absolute Gasteiger partial charge is 0.338 e. The number of benzene rings is 3. The second-order valence-corrected chi connectivity index (χ2v) is 7.05. The van der Waals surface area contributed by atoms with Gasteiger partial charge in [-0.15, -0.1) is 0 Å². The lowest BCUT2D eigenvalue weighted by Gasteiger charge is -2.18. The zero-order valence-corrected chi connectivity index (χ0v) is 17.4. The lowest BCUT2D eigenvalue weighted by molar-refractivity contribution is -0.122. The standard InChI is InChI=1S/C25H27NO4/c1-3-5-17-29-25(28)19-13-15-20(16-14-19)26-24(27)22(4-2)30-23-12-8-10-18-9-6-7-11-21(18)23/h6-16,22H,3-5,17H2,1-2H3,(H,26,27)/t22-/m1/s1. The molecule has 0 saturated carbocycles. The van der Waals surface area contributed by atoms with Crippen molar-refractivity contribution in [2.24, 2.45) is 0 Å². The first-order chi connectivity index (χ1) is 14.6. The zero-order chi connectivity index (χ0) is 21.3. The molecular formula is C25H27NO4. The Morgan fingerprint density at radius 1 is 0.933 bits per heavy atom. The van der Waals surface area contributed by atoms with E-state index in [0.29, 0.717) is 30.0 Å². The van der Waals surface area contributed by atoms with Crippen molar-refractivity contribution in [1.82, 2.24) is 0 Å². The lowest BCUT2D eigenvalue weighted by atomic mass is 10.1. The molecule has 5 nitrogen and oxygen atoms in total. The molecule has 0 spiro atoms. The van der Waals surface area contributed by atoms with Gasteiger partial charge in [0.25, 0.3) is 5.91 Å². The van der Waals surface area contributed by atoms with Crippen LogP contribution in [0, 0.1) is 0 Å². The summed E-state index contributed by atoms with van der Waals surface area (Å²) in [5.74, 6) is 0.0935. The van der Waals surface area contributed by atoms with E-state index in [1.165, 1.54) is 0 Å². The van der Waals surface area contributed by atoms with E-state index < -0.39 is 6.10 Å². The Hall–Kier alpha value is -3.34. The average molecular weight is 405 g/mol. The summed E-state index contributed by atoms with van der Waals surface area (Å²) in [6.45, 7) is 4.36. The molecule has 0 aromatic heterocycles. The number of anilines is 1. The summed E-state index contributed by atoms with van der Waals surface area (Å²) < 4.78 is 11.2. The Bertz CT molecular complexity index is 992. The van der Waals surface area contributed by atoms with Crippen LogP contribution in [0.15, 0.2) is 66.7 Å². The van der Waals surface area contributed by atoms with Gasteiger partial charge in [0.05, 0.1) is 12.2 Å². The minimum absolute atomic E-state index is 0.233. The number of hydrogen-bond donors (Lipinski definition) is 1. The first-order valence-electron chi connectivity index (χ1n) is 10.3. The van der Waals surface area contributed by atoms with Gasteiger partial charge >= 0.3 is 5.97 Å². The van der Waals surface area contributed by atoms with Crippen molar-refractivity contribution in [3.8, 4) is 5.75 Å². The van der Waals surface area contributed by atoms with Crippen LogP contribution in [0.5, 0.6) is 5.75 Å². The summed E-state index contributed by atoms with van der Waals surface area (Å²) in [7, 11) is 0. The maximum Gasteiger partial charge on any atom is 0.338 e. The molecule has 0 aliphatic rings. The predicted molar refractivity (Wildman–Crippen MR) is 119 cm³/mol. The van der Waals surface area contributed by atoms with Crippen LogP contribution in [0.25, 0.3) is 10.8 Å². The minimum atomic E-state index is -0.630. The van der Waals surface area contributed by atoms with Gasteiger partial charge in [-0.1, -0.05) is 56.7 Å². The normalized spacial score (nSPS) is 11.7. The molecule has 3 rings (SSSR count). The van der Waals surface area contributed by atoms with Gasteiger partial charge in [0.2, 0.25) is 0 Å². The average Bonchev–Trinajstić information content (AvgIpc) is 2.78. The molecule has 0 aliphatic heterocycles. The highest BCUT2D eigenvalue weighted by Gasteiger charge is 2.19. The molecule has 0 heterocycles. The van der Waals surface area contributed by atoms with Crippen molar-refractivity contribution in [2.45, 2.75) is 39.2 Å². The van der Waals surface area contributed by atoms with Crippen LogP contribution in [0.1, 0.15) is 43.5 Å². The number of hydrogen-bond acceptors (Lipinski definition) is 4. The maximum atomic E-state index is 12.7. The molecule has 0 saturated heterocycles. The van der Waals surface area contributed by atoms with Crippen molar-refractivity contribution in [1.29, 1.82) is 0 Å². The molecule has 5 heteroatoms. The van der Waals surface area contributed by atoms with Crippen molar-refractivity contribution >= 4 is 28.3 Å². The van der Waals surface area contributed by atoms with E-state index >= 15 is 0 Å². The number of carbonyl (C=O) groups is 2. The lowest BCUT2D eigenvalue weighted by Crippen LogP contribution is -2.32. The molecule has 3 aromatic rings. The van der Waals surface area contributed by atoms with Crippen molar-refractivity contribution in [2.75, 3.05) is 11.9 Å². The van der Waals surface area contributed by atoms with E-state index in [1.54, 1.807) is 24.3 Å². The highest BCUT2D eigenvalue weighted by Crippen LogP contribution is 2.26. The molecule has 1 atom stereocenters. The topological polar surface area (TPSA) is 64.6 Å². The van der Waals surface area contributed by atoms with E-state index in [0.717, 1.165) is 23.6 Å². The Balaban J connectivity index is 1.64. The summed E-state index contributed by atoms with van der Waals surface area (Å²) >= 11 is 0. The van der Waals surface area contributed by atoms with Crippen LogP contribution >= 0.6 is 0 Å². The fourth-order valence-corrected chi connectivity index (χ4v) is 3.08. The van der Waals surface area contributed by atoms with Gasteiger partial charge in [-0.25, -0.2) is 4.79 Å². The fraction of sp³-hybridized carbons (Fsp3) is 0.280. The largest absolute Gasteiger partial charge is 0.480 e. The molecule has 0 fully saturated rings. The molecule has 0 aliphatic carbocycles. The Morgan fingerprint density at radius 3 is 2.40 bits per heavy atom. The molecule has 30 heavy (non-hydrogen) atoms. The third-order valence-corrected chi connectivity index (χ3v) is 4.80. The van der Waals surface area contributed by atoms with Gasteiger partial charge in [-0.05, 0) is 48.6 Å². The van der Waals surface area contributed by atoms with Gasteiger partial charge in [-0.2, -0.15) is 0 Å². The van der Waals surface area contributed by atoms with E-state index in [2.05, 4.69) is 5.32 Å². The molecule has 1 N–H and O–H groups in total. The van der Waals surface area contributed by atoms with Crippen molar-refractivity contribution in [3.05, 3.63) is 72.3 Å². The predicted octanol–water partition coefficient (Wildman–Crippen LogP) is 5.59. The molecule has 1 amide bonds. The van der Waals surface area contributed by atoms with Crippen LogP contribution in [-0.2, 0) is 9.53 Å². The third kappa shape index (κ3) is 5.38. The van der Waals surface area contributed by atoms with E-state index in [4.69, 9.17) is 9.47 Å². The summed E-state index contributed by atoms with van der Waals surface area (Å²) in [4.78, 5) is 24.7. The molecule has 0 radical (unpaired) electrons. The van der Waals surface area contributed by atoms with E-state index in [-0.39, 0.29) is 11.9 Å². The number of carbonyl (C=O) groups excluding carboxylic acids is 2. The first-order valence-corrected chi connectivity index (χ1v) is 10.3. The molecule has 3 aromatic carbocycles. The molecular weight excluding hydrogens is 378 g/mol. The highest BCUT2D eigenvalue weighted by molar-refractivity contribution is 5.96. The minimum Gasteiger partial charge on any atom is -0.480 e. The Morgan fingerprint density at radius 2 is 1.67 bits per heavy atom. The van der Waals surface area contributed by atoms with Crippen LogP contribution < -0.4 is 10.1 Å². The van der Waals surface area contributed by atoms with Crippen molar-refractivity contribution < 1.29 is 19.1 Å². The fourth-order valence-electron chi connectivity index (χ4n) is 3.08. The van der Waals surface area contributed by atoms with Gasteiger partial charge < -0.3 is 14.8 Å². The van der Waals surface area contributed by atoms with Crippen molar-refractivity contribution in [3.63, 3.8) is 0 Å². The third-order valence-electron chi connectivity index (χ3n) is 4.80. The Kier molecular flexibility index (Phi) is 7.44. The monoisotopic (exact) mass is 405 g/mol. The number of esters is 1. The van der Waals surface area contributed by atoms with Gasteiger partial charge in [0.15, 0.2) is 6.10 Å². The SMILES string of the molecule is CCCCOC(=O)c1ccc(NC(=O)[C@@H](CC)Oc2cccc3ccccc23)cc1. The summed E-state index contributed by atoms with van der Waals surface area (Å²) in [6.07, 6.45) is 1.71. The number of amides is 1. The maximum absolute atomic E-state index is 12.7. The summed E-state index contributed by atoms with van der Waals surface area (Å²) in [6, 6.07) is 20.4. The van der Waals surface area contributed by atoms with Gasteiger partial charge in [-0.3, -0.25) is 4.79 Å². The van der Waals surface area contributed by atoms with E-state index in [9.17, 15) is 9.59 Å². The first kappa shape index (κ1) is 21.4. The second kappa shape index (κ2) is 10.4. The second-order valence-electron chi connectivity index (χ2n) is 7.05. The highest BCUT2D eigenvalue weighted by atomic mass is 16.5. The van der Waals surface area contributed by atoms with Crippen LogP contribution in [0.3, 0.4) is 0 Å². The number of nitrogens with one attached hydrogen (secondary N) is 1. The van der Waals surface area contributed by atoms with Gasteiger partial charge in [0.1, 0.15) is 5.75 Å².